The van der Waals surface area contributed by atoms with Gasteiger partial charge < -0.3 is 15.1 Å². The van der Waals surface area contributed by atoms with Crippen LogP contribution in [-0.4, -0.2) is 49.9 Å². The number of carbonyl (C=O) groups excluding carboxylic acids is 2. The Kier molecular flexibility index (Phi) is 6.85. The second-order valence-corrected chi connectivity index (χ2v) is 6.89. The monoisotopic (exact) mass is 365 g/mol. The molecule has 2 amide bonds. The molecule has 1 fully saturated rings. The number of amides is 2. The van der Waals surface area contributed by atoms with Crippen LogP contribution in [0.3, 0.4) is 0 Å². The number of nitrogens with zero attached hydrogens (tertiary/aromatic N) is 2. The molecule has 0 spiro atoms. The maximum Gasteiger partial charge on any atom is 0.253 e. The van der Waals surface area contributed by atoms with Crippen LogP contribution in [0.2, 0.25) is 0 Å². The minimum Gasteiger partial charge on any atom is -0.339 e. The molecule has 0 radical (unpaired) electrons. The van der Waals surface area contributed by atoms with Crippen molar-refractivity contribution in [3.8, 4) is 0 Å². The number of nitrogens with one attached hydrogen (secondary N) is 1. The first-order valence-electron chi connectivity index (χ1n) is 8.95. The van der Waals surface area contributed by atoms with Gasteiger partial charge in [-0.05, 0) is 69.0 Å². The Balaban J connectivity index is 0.00000225. The Morgan fingerprint density at radius 1 is 1.20 bits per heavy atom. The minimum absolute atomic E-state index is 0. The topological polar surface area (TPSA) is 52.7 Å². The Morgan fingerprint density at radius 2 is 1.92 bits per heavy atom. The predicted octanol–water partition coefficient (Wildman–Crippen LogP) is 2.48. The lowest BCUT2D eigenvalue weighted by atomic mass is 9.93. The van der Waals surface area contributed by atoms with Crippen LogP contribution in [0.25, 0.3) is 0 Å². The van der Waals surface area contributed by atoms with Gasteiger partial charge in [0.1, 0.15) is 0 Å². The molecule has 138 valence electrons. The first kappa shape index (κ1) is 19.7. The molecule has 2 aliphatic rings. The molecule has 1 saturated heterocycles. The number of anilines is 1. The van der Waals surface area contributed by atoms with Crippen LogP contribution in [0.15, 0.2) is 18.2 Å². The summed E-state index contributed by atoms with van der Waals surface area (Å²) in [5.74, 6) is 0.924. The molecule has 2 heterocycles. The summed E-state index contributed by atoms with van der Waals surface area (Å²) in [5.41, 5.74) is 2.83. The molecule has 2 aliphatic heterocycles. The third-order valence-corrected chi connectivity index (χ3v) is 5.31. The summed E-state index contributed by atoms with van der Waals surface area (Å²) < 4.78 is 0. The van der Waals surface area contributed by atoms with Gasteiger partial charge >= 0.3 is 0 Å². The zero-order valence-electron chi connectivity index (χ0n) is 15.1. The molecule has 25 heavy (non-hydrogen) atoms. The van der Waals surface area contributed by atoms with Crippen LogP contribution in [0.5, 0.6) is 0 Å². The van der Waals surface area contributed by atoms with Gasteiger partial charge in [-0.25, -0.2) is 0 Å². The van der Waals surface area contributed by atoms with Crippen LogP contribution in [0.1, 0.15) is 42.1 Å². The highest BCUT2D eigenvalue weighted by molar-refractivity contribution is 5.97. The first-order valence-corrected chi connectivity index (χ1v) is 8.95. The van der Waals surface area contributed by atoms with Crippen molar-refractivity contribution in [1.29, 1.82) is 0 Å². The van der Waals surface area contributed by atoms with E-state index >= 15 is 0 Å². The van der Waals surface area contributed by atoms with Crippen molar-refractivity contribution in [2.24, 2.45) is 5.92 Å². The molecule has 0 atom stereocenters. The van der Waals surface area contributed by atoms with Crippen LogP contribution in [0.4, 0.5) is 5.69 Å². The van der Waals surface area contributed by atoms with E-state index in [0.29, 0.717) is 0 Å². The van der Waals surface area contributed by atoms with Gasteiger partial charge in [0.05, 0.1) is 0 Å². The summed E-state index contributed by atoms with van der Waals surface area (Å²) in [6.07, 6.45) is 4.22. The van der Waals surface area contributed by atoms with E-state index in [9.17, 15) is 9.59 Å². The van der Waals surface area contributed by atoms with E-state index in [2.05, 4.69) is 5.32 Å². The SMILES string of the molecule is CNCCC1CCN(C(=O)c2ccc3c(c2)CCN3C(C)=O)CC1.Cl. The van der Waals surface area contributed by atoms with E-state index in [1.807, 2.05) is 30.1 Å². The van der Waals surface area contributed by atoms with Crippen molar-refractivity contribution >= 4 is 29.9 Å². The molecule has 0 aromatic heterocycles. The summed E-state index contributed by atoms with van der Waals surface area (Å²) in [4.78, 5) is 28.2. The van der Waals surface area contributed by atoms with E-state index < -0.39 is 0 Å². The molecule has 0 aliphatic carbocycles. The van der Waals surface area contributed by atoms with E-state index in [1.165, 1.54) is 6.42 Å². The van der Waals surface area contributed by atoms with Crippen molar-refractivity contribution in [2.75, 3.05) is 38.1 Å². The highest BCUT2D eigenvalue weighted by Crippen LogP contribution is 2.30. The summed E-state index contributed by atoms with van der Waals surface area (Å²) in [6, 6.07) is 5.78. The van der Waals surface area contributed by atoms with Gasteiger partial charge in [0, 0.05) is 37.8 Å². The second kappa shape index (κ2) is 8.68. The van der Waals surface area contributed by atoms with E-state index in [4.69, 9.17) is 0 Å². The number of carbonyl (C=O) groups is 2. The Labute approximate surface area is 156 Å². The summed E-state index contributed by atoms with van der Waals surface area (Å²) >= 11 is 0. The number of rotatable bonds is 4. The minimum atomic E-state index is 0. The largest absolute Gasteiger partial charge is 0.339 e. The molecule has 5 nitrogen and oxygen atoms in total. The zero-order chi connectivity index (χ0) is 17.1. The van der Waals surface area contributed by atoms with Crippen LogP contribution in [0, 0.1) is 5.92 Å². The van der Waals surface area contributed by atoms with E-state index in [1.54, 1.807) is 11.8 Å². The normalized spacial score (nSPS) is 17.2. The summed E-state index contributed by atoms with van der Waals surface area (Å²) in [5, 5.41) is 3.20. The third kappa shape index (κ3) is 4.33. The molecule has 3 rings (SSSR count). The number of benzene rings is 1. The fourth-order valence-electron chi connectivity index (χ4n) is 3.82. The fourth-order valence-corrected chi connectivity index (χ4v) is 3.82. The second-order valence-electron chi connectivity index (χ2n) is 6.89. The van der Waals surface area contributed by atoms with Gasteiger partial charge in [0.2, 0.25) is 5.91 Å². The average Bonchev–Trinajstić information content (AvgIpc) is 3.03. The Morgan fingerprint density at radius 3 is 2.56 bits per heavy atom. The standard InChI is InChI=1S/C19H27N3O2.ClH/c1-14(23)22-12-8-16-13-17(3-4-18(16)22)19(24)21-10-6-15(7-11-21)5-9-20-2;/h3-4,13,15,20H,5-12H2,1-2H3;1H. The summed E-state index contributed by atoms with van der Waals surface area (Å²) in [6.45, 7) is 5.06. The van der Waals surface area contributed by atoms with Crippen LogP contribution < -0.4 is 10.2 Å². The molecule has 6 heteroatoms. The lowest BCUT2D eigenvalue weighted by molar-refractivity contribution is -0.116. The maximum atomic E-state index is 12.8. The first-order chi connectivity index (χ1) is 11.6. The average molecular weight is 366 g/mol. The van der Waals surface area contributed by atoms with Crippen molar-refractivity contribution in [3.63, 3.8) is 0 Å². The van der Waals surface area contributed by atoms with Gasteiger partial charge in [0.25, 0.3) is 5.91 Å². The molecule has 0 saturated carbocycles. The smallest absolute Gasteiger partial charge is 0.253 e. The van der Waals surface area contributed by atoms with Crippen molar-refractivity contribution in [1.82, 2.24) is 10.2 Å². The number of piperidine rings is 1. The number of likely N-dealkylation sites (tertiary alicyclic amines) is 1. The van der Waals surface area contributed by atoms with E-state index in [0.717, 1.165) is 68.2 Å². The predicted molar refractivity (Wildman–Crippen MR) is 103 cm³/mol. The molecule has 0 bridgehead atoms. The number of hydrogen-bond acceptors (Lipinski definition) is 3. The van der Waals surface area contributed by atoms with Crippen molar-refractivity contribution in [2.45, 2.75) is 32.6 Å². The van der Waals surface area contributed by atoms with Gasteiger partial charge in [-0.1, -0.05) is 0 Å². The number of hydrogen-bond donors (Lipinski definition) is 1. The molecule has 1 aromatic carbocycles. The molecule has 1 aromatic rings. The Hall–Kier alpha value is -1.59. The van der Waals surface area contributed by atoms with Crippen LogP contribution in [-0.2, 0) is 11.2 Å². The highest BCUT2D eigenvalue weighted by atomic mass is 35.5. The van der Waals surface area contributed by atoms with Gasteiger partial charge in [-0.2, -0.15) is 0 Å². The molecular weight excluding hydrogens is 338 g/mol. The quantitative estimate of drug-likeness (QED) is 0.891. The number of fused-ring (bicyclic) bond motifs is 1. The lowest BCUT2D eigenvalue weighted by Crippen LogP contribution is -2.39. The molecule has 0 unspecified atom stereocenters. The maximum absolute atomic E-state index is 12.8. The number of halogens is 1. The zero-order valence-corrected chi connectivity index (χ0v) is 15.9. The van der Waals surface area contributed by atoms with Crippen molar-refractivity contribution < 1.29 is 9.59 Å². The highest BCUT2D eigenvalue weighted by Gasteiger charge is 2.26. The van der Waals surface area contributed by atoms with Gasteiger partial charge in [-0.3, -0.25) is 9.59 Å². The fraction of sp³-hybridized carbons (Fsp3) is 0.579. The van der Waals surface area contributed by atoms with Crippen molar-refractivity contribution in [3.05, 3.63) is 29.3 Å². The lowest BCUT2D eigenvalue weighted by Gasteiger charge is -2.32. The summed E-state index contributed by atoms with van der Waals surface area (Å²) in [7, 11) is 1.99. The van der Waals surface area contributed by atoms with Gasteiger partial charge in [0.15, 0.2) is 0 Å². The molecule has 1 N–H and O–H groups in total. The molecular formula is C19H28ClN3O2. The third-order valence-electron chi connectivity index (χ3n) is 5.31. The van der Waals surface area contributed by atoms with Crippen LogP contribution >= 0.6 is 12.4 Å². The Bertz CT molecular complexity index is 627. The van der Waals surface area contributed by atoms with E-state index in [-0.39, 0.29) is 24.2 Å². The van der Waals surface area contributed by atoms with Gasteiger partial charge in [-0.15, -0.1) is 12.4 Å².